The molecule has 4 nitrogen and oxygen atoms in total. The topological polar surface area (TPSA) is 54.0 Å². The predicted molar refractivity (Wildman–Crippen MR) is 90.2 cm³/mol. The summed E-state index contributed by atoms with van der Waals surface area (Å²) >= 11 is 9.44. The Balaban J connectivity index is 2.28. The molecular formula is C15H15BrClN3O. The van der Waals surface area contributed by atoms with E-state index in [9.17, 15) is 4.79 Å². The van der Waals surface area contributed by atoms with Crippen LogP contribution in [-0.2, 0) is 0 Å². The quantitative estimate of drug-likeness (QED) is 0.836. The summed E-state index contributed by atoms with van der Waals surface area (Å²) in [6, 6.07) is 7.15. The van der Waals surface area contributed by atoms with Crippen LogP contribution in [0.25, 0.3) is 0 Å². The summed E-state index contributed by atoms with van der Waals surface area (Å²) in [5, 5.41) is 6.44. The molecule has 0 aliphatic carbocycles. The van der Waals surface area contributed by atoms with Crippen LogP contribution in [0, 0.1) is 6.92 Å². The Morgan fingerprint density at radius 2 is 2.10 bits per heavy atom. The second-order valence-electron chi connectivity index (χ2n) is 4.48. The number of pyridine rings is 1. The molecule has 0 saturated heterocycles. The van der Waals surface area contributed by atoms with E-state index in [2.05, 4.69) is 31.5 Å². The molecule has 21 heavy (non-hydrogen) atoms. The molecule has 0 bridgehead atoms. The number of halogens is 2. The van der Waals surface area contributed by atoms with Crippen LogP contribution in [0.4, 0.5) is 11.4 Å². The largest absolute Gasteiger partial charge is 0.385 e. The maximum Gasteiger partial charge on any atom is 0.259 e. The summed E-state index contributed by atoms with van der Waals surface area (Å²) in [6.45, 7) is 4.58. The van der Waals surface area contributed by atoms with E-state index in [4.69, 9.17) is 11.6 Å². The van der Waals surface area contributed by atoms with E-state index >= 15 is 0 Å². The Kier molecular flexibility index (Phi) is 5.20. The number of benzene rings is 1. The van der Waals surface area contributed by atoms with Gasteiger partial charge in [0, 0.05) is 22.9 Å². The van der Waals surface area contributed by atoms with Crippen molar-refractivity contribution >= 4 is 44.8 Å². The van der Waals surface area contributed by atoms with Gasteiger partial charge in [0.1, 0.15) is 0 Å². The van der Waals surface area contributed by atoms with E-state index in [1.165, 1.54) is 0 Å². The molecule has 6 heteroatoms. The van der Waals surface area contributed by atoms with Crippen molar-refractivity contribution < 1.29 is 4.79 Å². The van der Waals surface area contributed by atoms with Crippen LogP contribution in [0.3, 0.4) is 0 Å². The van der Waals surface area contributed by atoms with Crippen molar-refractivity contribution in [3.63, 3.8) is 0 Å². The first-order chi connectivity index (χ1) is 10.0. The zero-order valence-electron chi connectivity index (χ0n) is 11.7. The first-order valence-corrected chi connectivity index (χ1v) is 7.65. The highest BCUT2D eigenvalue weighted by molar-refractivity contribution is 9.10. The molecule has 0 saturated carbocycles. The van der Waals surface area contributed by atoms with Gasteiger partial charge in [-0.3, -0.25) is 9.78 Å². The number of amides is 1. The second-order valence-corrected chi connectivity index (χ2v) is 5.80. The maximum absolute atomic E-state index is 12.4. The molecule has 0 spiro atoms. The average molecular weight is 369 g/mol. The van der Waals surface area contributed by atoms with Gasteiger partial charge in [-0.25, -0.2) is 0 Å². The highest BCUT2D eigenvalue weighted by Gasteiger charge is 2.13. The molecule has 1 aromatic carbocycles. The van der Waals surface area contributed by atoms with Gasteiger partial charge in [0.25, 0.3) is 5.91 Å². The molecule has 0 aliphatic rings. The molecular weight excluding hydrogens is 354 g/mol. The minimum Gasteiger partial charge on any atom is -0.385 e. The van der Waals surface area contributed by atoms with Gasteiger partial charge in [0.2, 0.25) is 0 Å². The van der Waals surface area contributed by atoms with Crippen molar-refractivity contribution in [2.45, 2.75) is 13.8 Å². The standard InChI is InChI=1S/C15H15BrClN3O/c1-3-18-14-6-9(2)19-8-11(14)15(21)20-13-5-4-10(16)7-12(13)17/h4-8H,3H2,1-2H3,(H,18,19)(H,20,21). The Labute approximate surface area is 137 Å². The molecule has 0 atom stereocenters. The number of carbonyl (C=O) groups excluding carboxylic acids is 1. The zero-order chi connectivity index (χ0) is 15.4. The lowest BCUT2D eigenvalue weighted by molar-refractivity contribution is 0.102. The third kappa shape index (κ3) is 3.95. The van der Waals surface area contributed by atoms with Gasteiger partial charge in [-0.1, -0.05) is 27.5 Å². The third-order valence-electron chi connectivity index (χ3n) is 2.83. The van der Waals surface area contributed by atoms with E-state index < -0.39 is 0 Å². The molecule has 110 valence electrons. The molecule has 0 fully saturated rings. The van der Waals surface area contributed by atoms with Crippen LogP contribution in [-0.4, -0.2) is 17.4 Å². The summed E-state index contributed by atoms with van der Waals surface area (Å²) in [7, 11) is 0. The zero-order valence-corrected chi connectivity index (χ0v) is 14.0. The number of nitrogens with zero attached hydrogens (tertiary/aromatic N) is 1. The Morgan fingerprint density at radius 3 is 2.76 bits per heavy atom. The molecule has 2 rings (SSSR count). The highest BCUT2D eigenvalue weighted by atomic mass is 79.9. The number of rotatable bonds is 4. The van der Waals surface area contributed by atoms with Gasteiger partial charge in [0.05, 0.1) is 22.0 Å². The van der Waals surface area contributed by atoms with Crippen LogP contribution in [0.2, 0.25) is 5.02 Å². The van der Waals surface area contributed by atoms with Gasteiger partial charge in [-0.15, -0.1) is 0 Å². The van der Waals surface area contributed by atoms with Crippen molar-refractivity contribution in [1.82, 2.24) is 4.98 Å². The summed E-state index contributed by atoms with van der Waals surface area (Å²) in [5.41, 5.74) is 2.66. The number of carbonyl (C=O) groups is 1. The number of aromatic nitrogens is 1. The van der Waals surface area contributed by atoms with Gasteiger partial charge in [-0.05, 0) is 38.1 Å². The maximum atomic E-state index is 12.4. The first kappa shape index (κ1) is 15.8. The lowest BCUT2D eigenvalue weighted by atomic mass is 10.2. The number of nitrogens with one attached hydrogen (secondary N) is 2. The summed E-state index contributed by atoms with van der Waals surface area (Å²) in [6.07, 6.45) is 1.56. The van der Waals surface area contributed by atoms with Gasteiger partial charge < -0.3 is 10.6 Å². The fourth-order valence-electron chi connectivity index (χ4n) is 1.86. The normalized spacial score (nSPS) is 10.3. The van der Waals surface area contributed by atoms with Crippen LogP contribution in [0.15, 0.2) is 34.9 Å². The van der Waals surface area contributed by atoms with E-state index in [0.29, 0.717) is 16.3 Å². The second kappa shape index (κ2) is 6.91. The number of anilines is 2. The number of hydrogen-bond acceptors (Lipinski definition) is 3. The van der Waals surface area contributed by atoms with Crippen molar-refractivity contribution in [2.75, 3.05) is 17.2 Å². The van der Waals surface area contributed by atoms with E-state index in [1.807, 2.05) is 26.0 Å². The van der Waals surface area contributed by atoms with Gasteiger partial charge >= 0.3 is 0 Å². The van der Waals surface area contributed by atoms with Crippen LogP contribution >= 0.6 is 27.5 Å². The highest BCUT2D eigenvalue weighted by Crippen LogP contribution is 2.26. The van der Waals surface area contributed by atoms with Gasteiger partial charge in [0.15, 0.2) is 0 Å². The molecule has 1 heterocycles. The minimum atomic E-state index is -0.248. The SMILES string of the molecule is CCNc1cc(C)ncc1C(=O)Nc1ccc(Br)cc1Cl. The molecule has 0 radical (unpaired) electrons. The lowest BCUT2D eigenvalue weighted by Crippen LogP contribution is -2.15. The van der Waals surface area contributed by atoms with Crippen LogP contribution < -0.4 is 10.6 Å². The molecule has 2 N–H and O–H groups in total. The van der Waals surface area contributed by atoms with Crippen LogP contribution in [0.1, 0.15) is 23.0 Å². The summed E-state index contributed by atoms with van der Waals surface area (Å²) in [4.78, 5) is 16.6. The van der Waals surface area contributed by atoms with E-state index in [1.54, 1.807) is 18.3 Å². The van der Waals surface area contributed by atoms with Crippen molar-refractivity contribution in [3.05, 3.63) is 51.2 Å². The fraction of sp³-hybridized carbons (Fsp3) is 0.200. The van der Waals surface area contributed by atoms with Crippen molar-refractivity contribution in [2.24, 2.45) is 0 Å². The number of aryl methyl sites for hydroxylation is 1. The smallest absolute Gasteiger partial charge is 0.259 e. The van der Waals surface area contributed by atoms with Crippen LogP contribution in [0.5, 0.6) is 0 Å². The lowest BCUT2D eigenvalue weighted by Gasteiger charge is -2.12. The summed E-state index contributed by atoms with van der Waals surface area (Å²) < 4.78 is 0.857. The minimum absolute atomic E-state index is 0.248. The van der Waals surface area contributed by atoms with Crippen molar-refractivity contribution in [3.8, 4) is 0 Å². The van der Waals surface area contributed by atoms with E-state index in [0.717, 1.165) is 22.4 Å². The Morgan fingerprint density at radius 1 is 1.33 bits per heavy atom. The average Bonchev–Trinajstić information content (AvgIpc) is 2.42. The molecule has 1 amide bonds. The molecule has 0 aliphatic heterocycles. The third-order valence-corrected chi connectivity index (χ3v) is 3.64. The first-order valence-electron chi connectivity index (χ1n) is 6.48. The molecule has 2 aromatic rings. The van der Waals surface area contributed by atoms with Gasteiger partial charge in [-0.2, -0.15) is 0 Å². The van der Waals surface area contributed by atoms with Crippen molar-refractivity contribution in [1.29, 1.82) is 0 Å². The number of hydrogen-bond donors (Lipinski definition) is 2. The Hall–Kier alpha value is -1.59. The molecule has 1 aromatic heterocycles. The monoisotopic (exact) mass is 367 g/mol. The molecule has 0 unspecified atom stereocenters. The Bertz CT molecular complexity index is 676. The van der Waals surface area contributed by atoms with E-state index in [-0.39, 0.29) is 5.91 Å². The fourth-order valence-corrected chi connectivity index (χ4v) is 2.58. The predicted octanol–water partition coefficient (Wildman–Crippen LogP) is 4.49. The summed E-state index contributed by atoms with van der Waals surface area (Å²) in [5.74, 6) is -0.248.